The number of nitrogens with zero attached hydrogens (tertiary/aromatic N) is 2. The monoisotopic (exact) mass is 262 g/mol. The first-order valence-electron chi connectivity index (χ1n) is 6.95. The lowest BCUT2D eigenvalue weighted by Gasteiger charge is -2.16. The lowest BCUT2D eigenvalue weighted by molar-refractivity contribution is 0.0953. The number of nitrogens with one attached hydrogen (secondary N) is 2. The topological polar surface area (TPSA) is 57.3 Å². The number of hydrogen-bond acceptors (Lipinski definition) is 4. The zero-order valence-corrected chi connectivity index (χ0v) is 11.5. The Bertz CT molecular complexity index is 398. The average molecular weight is 262 g/mol. The zero-order chi connectivity index (χ0) is 13.5. The molecule has 1 aliphatic heterocycles. The standard InChI is InChI=1S/C14H22N4O/c1-15-7-4-8-16-14(19)12-5-6-13(17-11-12)18-9-2-3-10-18/h5-6,11,15H,2-4,7-10H2,1H3,(H,16,19). The lowest BCUT2D eigenvalue weighted by Crippen LogP contribution is -2.27. The third-order valence-corrected chi connectivity index (χ3v) is 3.33. The molecule has 1 fully saturated rings. The predicted molar refractivity (Wildman–Crippen MR) is 76.6 cm³/mol. The van der Waals surface area contributed by atoms with Crippen molar-refractivity contribution < 1.29 is 4.79 Å². The van der Waals surface area contributed by atoms with E-state index in [2.05, 4.69) is 20.5 Å². The minimum atomic E-state index is -0.0448. The summed E-state index contributed by atoms with van der Waals surface area (Å²) in [5.74, 6) is 0.931. The zero-order valence-electron chi connectivity index (χ0n) is 11.5. The van der Waals surface area contributed by atoms with Crippen LogP contribution in [0.4, 0.5) is 5.82 Å². The van der Waals surface area contributed by atoms with Gasteiger partial charge in [-0.3, -0.25) is 4.79 Å². The molecule has 19 heavy (non-hydrogen) atoms. The summed E-state index contributed by atoms with van der Waals surface area (Å²) < 4.78 is 0. The average Bonchev–Trinajstić information content (AvgIpc) is 2.98. The van der Waals surface area contributed by atoms with Crippen LogP contribution in [0.3, 0.4) is 0 Å². The molecule has 0 atom stereocenters. The Morgan fingerprint density at radius 2 is 2.11 bits per heavy atom. The smallest absolute Gasteiger partial charge is 0.252 e. The van der Waals surface area contributed by atoms with Crippen molar-refractivity contribution in [3.05, 3.63) is 23.9 Å². The van der Waals surface area contributed by atoms with Crippen molar-refractivity contribution in [2.24, 2.45) is 0 Å². The van der Waals surface area contributed by atoms with Crippen LogP contribution in [0.5, 0.6) is 0 Å². The summed E-state index contributed by atoms with van der Waals surface area (Å²) in [6.07, 6.45) is 5.06. The minimum absolute atomic E-state index is 0.0448. The summed E-state index contributed by atoms with van der Waals surface area (Å²) in [7, 11) is 1.91. The molecule has 0 aliphatic carbocycles. The molecule has 2 N–H and O–H groups in total. The molecule has 1 aliphatic rings. The quantitative estimate of drug-likeness (QED) is 0.752. The van der Waals surface area contributed by atoms with Crippen LogP contribution >= 0.6 is 0 Å². The van der Waals surface area contributed by atoms with Gasteiger partial charge in [0.2, 0.25) is 0 Å². The number of rotatable bonds is 6. The van der Waals surface area contributed by atoms with E-state index in [-0.39, 0.29) is 5.91 Å². The molecule has 1 saturated heterocycles. The van der Waals surface area contributed by atoms with Crippen LogP contribution in [-0.2, 0) is 0 Å². The molecule has 5 heteroatoms. The molecule has 2 rings (SSSR count). The van der Waals surface area contributed by atoms with Crippen LogP contribution in [0.2, 0.25) is 0 Å². The molecule has 5 nitrogen and oxygen atoms in total. The van der Waals surface area contributed by atoms with Crippen molar-refractivity contribution in [3.8, 4) is 0 Å². The lowest BCUT2D eigenvalue weighted by atomic mass is 10.2. The fraction of sp³-hybridized carbons (Fsp3) is 0.571. The second-order valence-corrected chi connectivity index (χ2v) is 4.81. The highest BCUT2D eigenvalue weighted by atomic mass is 16.1. The Kier molecular flexibility index (Phi) is 5.15. The van der Waals surface area contributed by atoms with Crippen LogP contribution in [-0.4, -0.2) is 44.1 Å². The van der Waals surface area contributed by atoms with Gasteiger partial charge >= 0.3 is 0 Å². The van der Waals surface area contributed by atoms with E-state index in [0.29, 0.717) is 12.1 Å². The summed E-state index contributed by atoms with van der Waals surface area (Å²) in [6.45, 7) is 3.74. The third kappa shape index (κ3) is 3.92. The van der Waals surface area contributed by atoms with E-state index in [1.165, 1.54) is 12.8 Å². The van der Waals surface area contributed by atoms with Crippen molar-refractivity contribution in [1.29, 1.82) is 0 Å². The van der Waals surface area contributed by atoms with Crippen LogP contribution in [0.25, 0.3) is 0 Å². The van der Waals surface area contributed by atoms with E-state index < -0.39 is 0 Å². The van der Waals surface area contributed by atoms with Crippen molar-refractivity contribution in [3.63, 3.8) is 0 Å². The molecule has 0 bridgehead atoms. The van der Waals surface area contributed by atoms with E-state index in [4.69, 9.17) is 0 Å². The van der Waals surface area contributed by atoms with Gasteiger partial charge in [0.25, 0.3) is 5.91 Å². The summed E-state index contributed by atoms with van der Waals surface area (Å²) >= 11 is 0. The number of carbonyl (C=O) groups is 1. The Labute approximate surface area is 114 Å². The molecule has 0 spiro atoms. The van der Waals surface area contributed by atoms with Gasteiger partial charge in [-0.2, -0.15) is 0 Å². The van der Waals surface area contributed by atoms with Gasteiger partial charge in [-0.1, -0.05) is 0 Å². The summed E-state index contributed by atoms with van der Waals surface area (Å²) in [4.78, 5) is 18.5. The SMILES string of the molecule is CNCCCNC(=O)c1ccc(N2CCCC2)nc1. The van der Waals surface area contributed by atoms with Crippen molar-refractivity contribution in [2.45, 2.75) is 19.3 Å². The first kappa shape index (κ1) is 13.8. The van der Waals surface area contributed by atoms with Crippen molar-refractivity contribution in [2.75, 3.05) is 38.1 Å². The molecule has 0 saturated carbocycles. The van der Waals surface area contributed by atoms with Crippen molar-refractivity contribution >= 4 is 11.7 Å². The number of carbonyl (C=O) groups excluding carboxylic acids is 1. The Morgan fingerprint density at radius 3 is 2.74 bits per heavy atom. The number of anilines is 1. The van der Waals surface area contributed by atoms with Gasteiger partial charge < -0.3 is 15.5 Å². The molecule has 0 radical (unpaired) electrons. The highest BCUT2D eigenvalue weighted by Crippen LogP contribution is 2.17. The summed E-state index contributed by atoms with van der Waals surface area (Å²) in [5.41, 5.74) is 0.632. The molecule has 104 valence electrons. The Hall–Kier alpha value is -1.62. The van der Waals surface area contributed by atoms with Gasteiger partial charge in [0, 0.05) is 25.8 Å². The second kappa shape index (κ2) is 7.09. The molecule has 1 aromatic heterocycles. The van der Waals surface area contributed by atoms with E-state index in [1.54, 1.807) is 6.20 Å². The van der Waals surface area contributed by atoms with Gasteiger partial charge in [0.05, 0.1) is 5.56 Å². The Morgan fingerprint density at radius 1 is 1.32 bits per heavy atom. The highest BCUT2D eigenvalue weighted by Gasteiger charge is 2.14. The first-order chi connectivity index (χ1) is 9.31. The van der Waals surface area contributed by atoms with Gasteiger partial charge in [-0.05, 0) is 45.0 Å². The van der Waals surface area contributed by atoms with Crippen LogP contribution < -0.4 is 15.5 Å². The Balaban J connectivity index is 1.85. The van der Waals surface area contributed by atoms with Crippen LogP contribution in [0, 0.1) is 0 Å². The van der Waals surface area contributed by atoms with E-state index in [9.17, 15) is 4.79 Å². The molecule has 0 unspecified atom stereocenters. The number of pyridine rings is 1. The fourth-order valence-corrected chi connectivity index (χ4v) is 2.22. The van der Waals surface area contributed by atoms with Gasteiger partial charge in [0.1, 0.15) is 5.82 Å². The van der Waals surface area contributed by atoms with Gasteiger partial charge in [0.15, 0.2) is 0 Å². The molecule has 1 aromatic rings. The maximum Gasteiger partial charge on any atom is 0.252 e. The number of hydrogen-bond donors (Lipinski definition) is 2. The van der Waals surface area contributed by atoms with Crippen LogP contribution in [0.1, 0.15) is 29.6 Å². The summed E-state index contributed by atoms with van der Waals surface area (Å²) in [6, 6.07) is 3.79. The molecular formula is C14H22N4O. The van der Waals surface area contributed by atoms with E-state index >= 15 is 0 Å². The normalized spacial score (nSPS) is 14.7. The number of aromatic nitrogens is 1. The highest BCUT2D eigenvalue weighted by molar-refractivity contribution is 5.94. The van der Waals surface area contributed by atoms with Crippen molar-refractivity contribution in [1.82, 2.24) is 15.6 Å². The maximum absolute atomic E-state index is 11.9. The molecule has 1 amide bonds. The fourth-order valence-electron chi connectivity index (χ4n) is 2.22. The first-order valence-corrected chi connectivity index (χ1v) is 6.95. The molecule has 0 aromatic carbocycles. The largest absolute Gasteiger partial charge is 0.357 e. The predicted octanol–water partition coefficient (Wildman–Crippen LogP) is 1.02. The second-order valence-electron chi connectivity index (χ2n) is 4.81. The molecule has 2 heterocycles. The summed E-state index contributed by atoms with van der Waals surface area (Å²) in [5, 5.41) is 5.94. The van der Waals surface area contributed by atoms with Gasteiger partial charge in [-0.15, -0.1) is 0 Å². The van der Waals surface area contributed by atoms with Crippen LogP contribution in [0.15, 0.2) is 18.3 Å². The van der Waals surface area contributed by atoms with E-state index in [0.717, 1.165) is 31.9 Å². The maximum atomic E-state index is 11.9. The molecular weight excluding hydrogens is 240 g/mol. The van der Waals surface area contributed by atoms with E-state index in [1.807, 2.05) is 19.2 Å². The third-order valence-electron chi connectivity index (χ3n) is 3.33. The van der Waals surface area contributed by atoms with Gasteiger partial charge in [-0.25, -0.2) is 4.98 Å². The minimum Gasteiger partial charge on any atom is -0.357 e. The number of amides is 1.